The van der Waals surface area contributed by atoms with Gasteiger partial charge in [-0.05, 0) is 38.2 Å². The zero-order chi connectivity index (χ0) is 18.3. The fourth-order valence-corrected chi connectivity index (χ4v) is 3.89. The third-order valence-corrected chi connectivity index (χ3v) is 5.59. The van der Waals surface area contributed by atoms with E-state index in [-0.39, 0.29) is 17.5 Å². The van der Waals surface area contributed by atoms with Gasteiger partial charge in [0.15, 0.2) is 0 Å². The Kier molecular flexibility index (Phi) is 4.42. The minimum atomic E-state index is -0.0713. The van der Waals surface area contributed by atoms with Crippen LogP contribution in [0.2, 0.25) is 0 Å². The van der Waals surface area contributed by atoms with Crippen molar-refractivity contribution in [3.05, 3.63) is 51.7 Å². The number of benzene rings is 1. The van der Waals surface area contributed by atoms with Gasteiger partial charge in [-0.2, -0.15) is 5.10 Å². The molecule has 0 N–H and O–H groups in total. The highest BCUT2D eigenvalue weighted by molar-refractivity contribution is 5.81. The summed E-state index contributed by atoms with van der Waals surface area (Å²) in [5.74, 6) is 1.70. The number of amides is 1. The molecule has 1 aliphatic heterocycles. The van der Waals surface area contributed by atoms with E-state index in [1.54, 1.807) is 16.3 Å². The highest BCUT2D eigenvalue weighted by atomic mass is 16.2. The number of rotatable bonds is 4. The number of aryl methyl sites for hydroxylation is 1. The van der Waals surface area contributed by atoms with Crippen LogP contribution in [0.25, 0.3) is 0 Å². The van der Waals surface area contributed by atoms with Crippen molar-refractivity contribution in [2.45, 2.75) is 45.1 Å². The molecule has 6 nitrogen and oxygen atoms in total. The monoisotopic (exact) mass is 354 g/mol. The second-order valence-corrected chi connectivity index (χ2v) is 7.72. The molecule has 1 saturated carbocycles. The molecule has 26 heavy (non-hydrogen) atoms. The molecule has 0 unspecified atom stereocenters. The van der Waals surface area contributed by atoms with Crippen LogP contribution < -0.4 is 5.69 Å². The maximum Gasteiger partial charge on any atom is 0.345 e. The standard InChI is InChI=1S/C20H26N4O2/c1-14-4-3-5-15(12-14)13-24-20(26)22(2)18(21-24)16-8-10-23(11-9-16)19(25)17-6-7-17/h3-5,12,16-17H,6-11,13H2,1-2H3. The summed E-state index contributed by atoms with van der Waals surface area (Å²) in [4.78, 5) is 26.8. The van der Waals surface area contributed by atoms with Gasteiger partial charge in [-0.1, -0.05) is 29.8 Å². The SMILES string of the molecule is Cc1cccc(Cn2nc(C3CCN(C(=O)C4CC4)CC3)n(C)c2=O)c1. The van der Waals surface area contributed by atoms with Crippen molar-refractivity contribution in [2.24, 2.45) is 13.0 Å². The molecule has 2 fully saturated rings. The van der Waals surface area contributed by atoms with E-state index in [9.17, 15) is 9.59 Å². The van der Waals surface area contributed by atoms with E-state index in [1.807, 2.05) is 30.0 Å². The number of hydrogen-bond donors (Lipinski definition) is 0. The molecule has 6 heteroatoms. The summed E-state index contributed by atoms with van der Waals surface area (Å²) in [5.41, 5.74) is 2.19. The van der Waals surface area contributed by atoms with Gasteiger partial charge in [0.25, 0.3) is 0 Å². The van der Waals surface area contributed by atoms with Crippen LogP contribution in [0.4, 0.5) is 0 Å². The molecular formula is C20H26N4O2. The van der Waals surface area contributed by atoms with Crippen molar-refractivity contribution in [2.75, 3.05) is 13.1 Å². The minimum Gasteiger partial charge on any atom is -0.342 e. The average Bonchev–Trinajstić information content (AvgIpc) is 3.45. The molecule has 1 aliphatic carbocycles. The first-order chi connectivity index (χ1) is 12.5. The topological polar surface area (TPSA) is 60.1 Å². The lowest BCUT2D eigenvalue weighted by Crippen LogP contribution is -2.39. The number of likely N-dealkylation sites (tertiary alicyclic amines) is 1. The van der Waals surface area contributed by atoms with Crippen molar-refractivity contribution in [3.63, 3.8) is 0 Å². The highest BCUT2D eigenvalue weighted by Gasteiger charge is 2.35. The van der Waals surface area contributed by atoms with Crippen molar-refractivity contribution >= 4 is 5.91 Å². The zero-order valence-electron chi connectivity index (χ0n) is 15.5. The Balaban J connectivity index is 1.47. The number of hydrogen-bond acceptors (Lipinski definition) is 3. The van der Waals surface area contributed by atoms with Crippen LogP contribution in [0.1, 0.15) is 48.6 Å². The van der Waals surface area contributed by atoms with Crippen molar-refractivity contribution in [3.8, 4) is 0 Å². The van der Waals surface area contributed by atoms with Crippen LogP contribution in [0.15, 0.2) is 29.1 Å². The lowest BCUT2D eigenvalue weighted by molar-refractivity contribution is -0.133. The summed E-state index contributed by atoms with van der Waals surface area (Å²) < 4.78 is 3.24. The Hall–Kier alpha value is -2.37. The van der Waals surface area contributed by atoms with Gasteiger partial charge in [0.1, 0.15) is 5.82 Å². The van der Waals surface area contributed by atoms with Crippen LogP contribution in [-0.2, 0) is 18.4 Å². The fraction of sp³-hybridized carbons (Fsp3) is 0.550. The van der Waals surface area contributed by atoms with Gasteiger partial charge in [0.2, 0.25) is 5.91 Å². The summed E-state index contributed by atoms with van der Waals surface area (Å²) in [7, 11) is 1.80. The minimum absolute atomic E-state index is 0.0713. The van der Waals surface area contributed by atoms with Gasteiger partial charge in [0, 0.05) is 32.0 Å². The Morgan fingerprint density at radius 3 is 2.58 bits per heavy atom. The molecule has 0 bridgehead atoms. The first-order valence-electron chi connectivity index (χ1n) is 9.51. The van der Waals surface area contributed by atoms with Crippen LogP contribution in [-0.4, -0.2) is 38.2 Å². The van der Waals surface area contributed by atoms with E-state index in [0.29, 0.717) is 12.5 Å². The predicted octanol–water partition coefficient (Wildman–Crippen LogP) is 2.05. The van der Waals surface area contributed by atoms with Crippen molar-refractivity contribution in [1.82, 2.24) is 19.2 Å². The maximum absolute atomic E-state index is 12.6. The van der Waals surface area contributed by atoms with Crippen molar-refractivity contribution in [1.29, 1.82) is 0 Å². The van der Waals surface area contributed by atoms with Crippen LogP contribution >= 0.6 is 0 Å². The van der Waals surface area contributed by atoms with E-state index >= 15 is 0 Å². The van der Waals surface area contributed by atoms with E-state index in [0.717, 1.165) is 50.2 Å². The third-order valence-electron chi connectivity index (χ3n) is 5.59. The maximum atomic E-state index is 12.6. The highest BCUT2D eigenvalue weighted by Crippen LogP contribution is 2.33. The Bertz CT molecular complexity index is 870. The number of carbonyl (C=O) groups excluding carboxylic acids is 1. The van der Waals surface area contributed by atoms with Crippen LogP contribution in [0.3, 0.4) is 0 Å². The molecule has 1 saturated heterocycles. The van der Waals surface area contributed by atoms with Crippen LogP contribution in [0.5, 0.6) is 0 Å². The van der Waals surface area contributed by atoms with Gasteiger partial charge in [-0.3, -0.25) is 9.36 Å². The number of nitrogens with zero attached hydrogens (tertiary/aromatic N) is 4. The summed E-state index contributed by atoms with van der Waals surface area (Å²) in [6.45, 7) is 4.10. The Labute approximate surface area is 153 Å². The molecule has 1 aromatic heterocycles. The Morgan fingerprint density at radius 1 is 1.19 bits per heavy atom. The molecule has 0 atom stereocenters. The normalized spacial score (nSPS) is 18.3. The van der Waals surface area contributed by atoms with E-state index in [1.165, 1.54) is 5.56 Å². The predicted molar refractivity (Wildman–Crippen MR) is 99.0 cm³/mol. The summed E-state index contributed by atoms with van der Waals surface area (Å²) >= 11 is 0. The molecule has 2 aliphatic rings. The molecule has 0 radical (unpaired) electrons. The molecule has 2 heterocycles. The largest absolute Gasteiger partial charge is 0.345 e. The summed E-state index contributed by atoms with van der Waals surface area (Å²) in [6.07, 6.45) is 3.87. The molecule has 0 spiro atoms. The molecule has 1 amide bonds. The van der Waals surface area contributed by atoms with Crippen LogP contribution in [0, 0.1) is 12.8 Å². The van der Waals surface area contributed by atoms with Gasteiger partial charge >= 0.3 is 5.69 Å². The van der Waals surface area contributed by atoms with E-state index in [2.05, 4.69) is 11.2 Å². The fourth-order valence-electron chi connectivity index (χ4n) is 3.89. The number of aromatic nitrogens is 3. The second-order valence-electron chi connectivity index (χ2n) is 7.72. The summed E-state index contributed by atoms with van der Waals surface area (Å²) in [5, 5.41) is 4.64. The summed E-state index contributed by atoms with van der Waals surface area (Å²) in [6, 6.07) is 8.16. The Morgan fingerprint density at radius 2 is 1.92 bits per heavy atom. The number of piperidine rings is 1. The third kappa shape index (κ3) is 3.32. The zero-order valence-corrected chi connectivity index (χ0v) is 15.5. The smallest absolute Gasteiger partial charge is 0.342 e. The quantitative estimate of drug-likeness (QED) is 0.844. The van der Waals surface area contributed by atoms with Gasteiger partial charge in [-0.15, -0.1) is 0 Å². The van der Waals surface area contributed by atoms with Gasteiger partial charge < -0.3 is 4.90 Å². The molecule has 138 valence electrons. The molecule has 1 aromatic carbocycles. The van der Waals surface area contributed by atoms with Gasteiger partial charge in [-0.25, -0.2) is 9.48 Å². The van der Waals surface area contributed by atoms with Crippen molar-refractivity contribution < 1.29 is 4.79 Å². The number of carbonyl (C=O) groups is 1. The lowest BCUT2D eigenvalue weighted by atomic mass is 9.95. The molecule has 4 rings (SSSR count). The van der Waals surface area contributed by atoms with E-state index < -0.39 is 0 Å². The molecule has 2 aromatic rings. The lowest BCUT2D eigenvalue weighted by Gasteiger charge is -2.31. The van der Waals surface area contributed by atoms with Gasteiger partial charge in [0.05, 0.1) is 6.54 Å². The second kappa shape index (κ2) is 6.74. The van der Waals surface area contributed by atoms with E-state index in [4.69, 9.17) is 0 Å². The average molecular weight is 354 g/mol. The first kappa shape index (κ1) is 17.1. The first-order valence-corrected chi connectivity index (χ1v) is 9.51. The molecular weight excluding hydrogens is 328 g/mol.